The van der Waals surface area contributed by atoms with Gasteiger partial charge in [0.2, 0.25) is 0 Å². The van der Waals surface area contributed by atoms with Crippen LogP contribution in [-0.2, 0) is 12.0 Å². The van der Waals surface area contributed by atoms with Gasteiger partial charge in [-0.15, -0.1) is 0 Å². The molecule has 25 heavy (non-hydrogen) atoms. The number of nitrogens with zero attached hydrogens (tertiary/aromatic N) is 3. The smallest absolute Gasteiger partial charge is 0.270 e. The molecule has 1 spiro atoms. The predicted molar refractivity (Wildman–Crippen MR) is 96.4 cm³/mol. The molecule has 1 saturated heterocycles. The first-order valence-electron chi connectivity index (χ1n) is 9.45. The molecule has 6 heteroatoms. The molecule has 2 aliphatic heterocycles. The van der Waals surface area contributed by atoms with Crippen LogP contribution in [0.5, 0.6) is 0 Å². The predicted octanol–water partition coefficient (Wildman–Crippen LogP) is 2.53. The highest BCUT2D eigenvalue weighted by atomic mass is 16.2. The van der Waals surface area contributed by atoms with Crippen molar-refractivity contribution in [3.63, 3.8) is 0 Å². The summed E-state index contributed by atoms with van der Waals surface area (Å²) in [6.45, 7) is 6.01. The van der Waals surface area contributed by atoms with Crippen LogP contribution in [0.25, 0.3) is 0 Å². The van der Waals surface area contributed by atoms with E-state index in [1.165, 1.54) is 24.2 Å². The summed E-state index contributed by atoms with van der Waals surface area (Å²) in [4.78, 5) is 28.3. The van der Waals surface area contributed by atoms with E-state index in [9.17, 15) is 4.79 Å². The number of nitrogens with one attached hydrogen (secondary N) is 2. The Balaban J connectivity index is 1.55. The molecule has 0 atom stereocenters. The number of hydrogen-bond donors (Lipinski definition) is 2. The first-order chi connectivity index (χ1) is 12.2. The Morgan fingerprint density at radius 2 is 2.12 bits per heavy atom. The molecule has 0 aromatic carbocycles. The Morgan fingerprint density at radius 1 is 1.28 bits per heavy atom. The van der Waals surface area contributed by atoms with Gasteiger partial charge in [0.1, 0.15) is 5.69 Å². The Morgan fingerprint density at radius 3 is 2.84 bits per heavy atom. The Labute approximate surface area is 148 Å². The van der Waals surface area contributed by atoms with Gasteiger partial charge in [-0.1, -0.05) is 13.3 Å². The number of likely N-dealkylation sites (tertiary alicyclic amines) is 1. The number of carbonyl (C=O) groups is 1. The van der Waals surface area contributed by atoms with E-state index in [1.54, 1.807) is 0 Å². The van der Waals surface area contributed by atoms with Crippen LogP contribution < -0.4 is 0 Å². The minimum Gasteiger partial charge on any atom is -0.357 e. The largest absolute Gasteiger partial charge is 0.357 e. The third-order valence-corrected chi connectivity index (χ3v) is 5.88. The topological polar surface area (TPSA) is 68.0 Å². The van der Waals surface area contributed by atoms with Crippen LogP contribution >= 0.6 is 0 Å². The third kappa shape index (κ3) is 2.78. The Bertz CT molecular complexity index is 712. The molecule has 0 unspecified atom stereocenters. The first-order valence-corrected chi connectivity index (χ1v) is 9.45. The number of hydrogen-bond acceptors (Lipinski definition) is 3. The van der Waals surface area contributed by atoms with E-state index < -0.39 is 0 Å². The maximum absolute atomic E-state index is 12.6. The quantitative estimate of drug-likeness (QED) is 0.898. The van der Waals surface area contributed by atoms with E-state index in [-0.39, 0.29) is 11.4 Å². The van der Waals surface area contributed by atoms with Gasteiger partial charge in [-0.3, -0.25) is 9.69 Å². The lowest BCUT2D eigenvalue weighted by Gasteiger charge is -2.50. The Hall–Kier alpha value is -2.08. The second-order valence-electron chi connectivity index (χ2n) is 7.23. The van der Waals surface area contributed by atoms with Crippen molar-refractivity contribution in [2.45, 2.75) is 44.6 Å². The molecule has 2 aromatic heterocycles. The minimum atomic E-state index is -0.00469. The number of aromatic amines is 2. The number of imidazole rings is 1. The van der Waals surface area contributed by atoms with Gasteiger partial charge in [-0.25, -0.2) is 4.98 Å². The summed E-state index contributed by atoms with van der Waals surface area (Å²) in [5.74, 6) is 0.109. The van der Waals surface area contributed by atoms with E-state index in [0.29, 0.717) is 5.69 Å². The molecule has 2 aliphatic rings. The summed E-state index contributed by atoms with van der Waals surface area (Å²) in [7, 11) is 0. The fraction of sp³-hybridized carbons (Fsp3) is 0.579. The molecule has 1 fully saturated rings. The first kappa shape index (κ1) is 16.4. The van der Waals surface area contributed by atoms with Gasteiger partial charge in [0.25, 0.3) is 5.91 Å². The summed E-state index contributed by atoms with van der Waals surface area (Å²) in [6, 6.07) is 3.73. The van der Waals surface area contributed by atoms with Gasteiger partial charge in [-0.2, -0.15) is 0 Å². The lowest BCUT2D eigenvalue weighted by Crippen LogP contribution is -2.57. The van der Waals surface area contributed by atoms with Crippen molar-refractivity contribution in [2.24, 2.45) is 0 Å². The number of aromatic nitrogens is 3. The molecule has 134 valence electrons. The lowest BCUT2D eigenvalue weighted by atomic mass is 9.78. The highest BCUT2D eigenvalue weighted by Gasteiger charge is 2.46. The fourth-order valence-electron chi connectivity index (χ4n) is 4.46. The standard InChI is InChI=1S/C19H27N5O/c1-2-3-10-24-11-6-15-17(22-14-21-15)19(24)7-12-23(13-8-19)18(25)16-5-4-9-20-16/h4-5,9,14,20H,2-3,6-8,10-13H2,1H3,(H,21,22). The molecule has 0 radical (unpaired) electrons. The van der Waals surface area contributed by atoms with Crippen LogP contribution in [0.2, 0.25) is 0 Å². The molecule has 2 N–H and O–H groups in total. The van der Waals surface area contributed by atoms with Crippen LogP contribution in [0, 0.1) is 0 Å². The fourth-order valence-corrected chi connectivity index (χ4v) is 4.46. The molecule has 6 nitrogen and oxygen atoms in total. The summed E-state index contributed by atoms with van der Waals surface area (Å²) >= 11 is 0. The zero-order valence-corrected chi connectivity index (χ0v) is 14.9. The van der Waals surface area contributed by atoms with Gasteiger partial charge in [0.05, 0.1) is 17.6 Å². The van der Waals surface area contributed by atoms with Crippen molar-refractivity contribution in [1.29, 1.82) is 0 Å². The molecule has 1 amide bonds. The molecular weight excluding hydrogens is 314 g/mol. The van der Waals surface area contributed by atoms with Gasteiger partial charge in [-0.05, 0) is 37.9 Å². The number of rotatable bonds is 4. The summed E-state index contributed by atoms with van der Waals surface area (Å²) in [5, 5.41) is 0. The molecule has 2 aromatic rings. The van der Waals surface area contributed by atoms with Gasteiger partial charge < -0.3 is 14.9 Å². The van der Waals surface area contributed by atoms with Crippen molar-refractivity contribution in [2.75, 3.05) is 26.2 Å². The van der Waals surface area contributed by atoms with E-state index in [2.05, 4.69) is 21.8 Å². The minimum absolute atomic E-state index is 0.00469. The zero-order chi connectivity index (χ0) is 17.3. The number of H-pyrrole nitrogens is 2. The summed E-state index contributed by atoms with van der Waals surface area (Å²) < 4.78 is 0. The number of carbonyl (C=O) groups excluding carboxylic acids is 1. The number of piperidine rings is 1. The molecule has 4 rings (SSSR count). The number of unbranched alkanes of at least 4 members (excludes halogenated alkanes) is 1. The van der Waals surface area contributed by atoms with E-state index in [0.717, 1.165) is 45.4 Å². The van der Waals surface area contributed by atoms with Crippen LogP contribution in [0.4, 0.5) is 0 Å². The van der Waals surface area contributed by atoms with Crippen molar-refractivity contribution < 1.29 is 4.79 Å². The highest BCUT2D eigenvalue weighted by Crippen LogP contribution is 2.42. The number of amides is 1. The van der Waals surface area contributed by atoms with Gasteiger partial charge in [0.15, 0.2) is 0 Å². The Kier molecular flexibility index (Phi) is 4.37. The van der Waals surface area contributed by atoms with Gasteiger partial charge >= 0.3 is 0 Å². The van der Waals surface area contributed by atoms with E-state index in [4.69, 9.17) is 4.98 Å². The van der Waals surface area contributed by atoms with Crippen LogP contribution in [-0.4, -0.2) is 56.8 Å². The average Bonchev–Trinajstić information content (AvgIpc) is 3.33. The third-order valence-electron chi connectivity index (χ3n) is 5.88. The second-order valence-corrected chi connectivity index (χ2v) is 7.23. The van der Waals surface area contributed by atoms with Crippen molar-refractivity contribution >= 4 is 5.91 Å². The molecular formula is C19H27N5O. The second kappa shape index (κ2) is 6.67. The zero-order valence-electron chi connectivity index (χ0n) is 14.9. The molecule has 0 saturated carbocycles. The maximum Gasteiger partial charge on any atom is 0.270 e. The van der Waals surface area contributed by atoms with Crippen LogP contribution in [0.15, 0.2) is 24.7 Å². The van der Waals surface area contributed by atoms with Crippen molar-refractivity contribution in [1.82, 2.24) is 24.8 Å². The normalized spacial score (nSPS) is 20.0. The van der Waals surface area contributed by atoms with Crippen LogP contribution in [0.1, 0.15) is 54.5 Å². The van der Waals surface area contributed by atoms with Crippen molar-refractivity contribution in [3.8, 4) is 0 Å². The van der Waals surface area contributed by atoms with E-state index in [1.807, 2.05) is 29.6 Å². The molecule has 4 heterocycles. The summed E-state index contributed by atoms with van der Waals surface area (Å²) in [6.07, 6.45) is 9.03. The SMILES string of the molecule is CCCCN1CCc2[nH]cnc2C12CCN(C(=O)c1ccc[nH]1)CC2. The average molecular weight is 341 g/mol. The van der Waals surface area contributed by atoms with Crippen molar-refractivity contribution in [3.05, 3.63) is 41.7 Å². The number of fused-ring (bicyclic) bond motifs is 2. The maximum atomic E-state index is 12.6. The van der Waals surface area contributed by atoms with Gasteiger partial charge in [0, 0.05) is 37.9 Å². The molecule has 0 aliphatic carbocycles. The summed E-state index contributed by atoms with van der Waals surface area (Å²) in [5.41, 5.74) is 3.19. The highest BCUT2D eigenvalue weighted by molar-refractivity contribution is 5.92. The lowest BCUT2D eigenvalue weighted by molar-refractivity contribution is 0.00615. The monoisotopic (exact) mass is 341 g/mol. The molecule has 0 bridgehead atoms. The van der Waals surface area contributed by atoms with Crippen LogP contribution in [0.3, 0.4) is 0 Å². The van der Waals surface area contributed by atoms with E-state index >= 15 is 0 Å².